The number of hydrogen-bond donors (Lipinski definition) is 1. The van der Waals surface area contributed by atoms with E-state index in [1.54, 1.807) is 18.3 Å². The number of aliphatic hydroxyl groups excluding tert-OH is 1. The molecule has 1 N–H and O–H groups in total. The fourth-order valence-electron chi connectivity index (χ4n) is 2.42. The Morgan fingerprint density at radius 2 is 1.95 bits per heavy atom. The molecule has 1 unspecified atom stereocenters. The van der Waals surface area contributed by atoms with Crippen LogP contribution >= 0.6 is 27.5 Å². The summed E-state index contributed by atoms with van der Waals surface area (Å²) in [6, 6.07) is 15.3. The quantitative estimate of drug-likeness (QED) is 0.717. The monoisotopic (exact) mass is 361 g/mol. The second-order valence-corrected chi connectivity index (χ2v) is 6.16. The van der Waals surface area contributed by atoms with Crippen LogP contribution in [0.4, 0.5) is 0 Å². The van der Waals surface area contributed by atoms with Crippen molar-refractivity contribution < 1.29 is 5.11 Å². The molecule has 3 aromatic rings. The summed E-state index contributed by atoms with van der Waals surface area (Å²) in [7, 11) is 0. The predicted molar refractivity (Wildman–Crippen MR) is 89.6 cm³/mol. The van der Waals surface area contributed by atoms with Crippen LogP contribution in [0, 0.1) is 0 Å². The SMILES string of the molecule is OC(Cc1ccnc2ccccc12)c1cc(Cl)ccc1Br. The molecule has 0 aliphatic rings. The summed E-state index contributed by atoms with van der Waals surface area (Å²) in [5.41, 5.74) is 2.80. The van der Waals surface area contributed by atoms with E-state index in [1.807, 2.05) is 36.4 Å². The number of pyridine rings is 1. The lowest BCUT2D eigenvalue weighted by Gasteiger charge is -2.14. The van der Waals surface area contributed by atoms with Gasteiger partial charge in [-0.1, -0.05) is 45.7 Å². The molecular formula is C17H13BrClNO. The second kappa shape index (κ2) is 6.14. The predicted octanol–water partition coefficient (Wildman–Crippen LogP) is 4.93. The van der Waals surface area contributed by atoms with Crippen molar-refractivity contribution in [1.82, 2.24) is 4.98 Å². The zero-order chi connectivity index (χ0) is 14.8. The molecule has 0 aliphatic heterocycles. The summed E-state index contributed by atoms with van der Waals surface area (Å²) < 4.78 is 0.859. The van der Waals surface area contributed by atoms with E-state index in [0.717, 1.165) is 26.5 Å². The van der Waals surface area contributed by atoms with E-state index in [-0.39, 0.29) is 0 Å². The van der Waals surface area contributed by atoms with Gasteiger partial charge in [-0.05, 0) is 41.5 Å². The molecule has 0 bridgehead atoms. The van der Waals surface area contributed by atoms with Crippen LogP contribution in [0.15, 0.2) is 59.2 Å². The molecular weight excluding hydrogens is 350 g/mol. The first-order chi connectivity index (χ1) is 10.1. The first-order valence-corrected chi connectivity index (χ1v) is 7.78. The van der Waals surface area contributed by atoms with Gasteiger partial charge in [0.15, 0.2) is 0 Å². The summed E-state index contributed by atoms with van der Waals surface area (Å²) in [6.45, 7) is 0. The normalized spacial score (nSPS) is 12.5. The molecule has 1 atom stereocenters. The Morgan fingerprint density at radius 3 is 2.81 bits per heavy atom. The Morgan fingerprint density at radius 1 is 1.14 bits per heavy atom. The summed E-state index contributed by atoms with van der Waals surface area (Å²) >= 11 is 9.48. The Balaban J connectivity index is 1.96. The Kier molecular flexibility index (Phi) is 4.24. The molecule has 2 aromatic carbocycles. The van der Waals surface area contributed by atoms with E-state index >= 15 is 0 Å². The molecule has 106 valence electrons. The number of hydrogen-bond acceptors (Lipinski definition) is 2. The average molecular weight is 363 g/mol. The highest BCUT2D eigenvalue weighted by Gasteiger charge is 2.14. The van der Waals surface area contributed by atoms with Gasteiger partial charge in [0, 0.05) is 27.5 Å². The zero-order valence-electron chi connectivity index (χ0n) is 11.1. The summed E-state index contributed by atoms with van der Waals surface area (Å²) in [5, 5.41) is 12.2. The van der Waals surface area contributed by atoms with E-state index in [9.17, 15) is 5.11 Å². The van der Waals surface area contributed by atoms with Crippen molar-refractivity contribution in [3.05, 3.63) is 75.4 Å². The van der Waals surface area contributed by atoms with Gasteiger partial charge in [-0.3, -0.25) is 4.98 Å². The molecule has 0 fully saturated rings. The maximum atomic E-state index is 10.5. The topological polar surface area (TPSA) is 33.1 Å². The maximum Gasteiger partial charge on any atom is 0.0842 e. The van der Waals surface area contributed by atoms with Gasteiger partial charge in [-0.15, -0.1) is 0 Å². The highest BCUT2D eigenvalue weighted by Crippen LogP contribution is 2.30. The van der Waals surface area contributed by atoms with E-state index in [4.69, 9.17) is 11.6 Å². The van der Waals surface area contributed by atoms with Crippen molar-refractivity contribution >= 4 is 38.4 Å². The molecule has 3 rings (SSSR count). The molecule has 1 heterocycles. The lowest BCUT2D eigenvalue weighted by atomic mass is 9.99. The number of para-hydroxylation sites is 1. The van der Waals surface area contributed by atoms with Gasteiger partial charge >= 0.3 is 0 Å². The van der Waals surface area contributed by atoms with E-state index in [2.05, 4.69) is 20.9 Å². The zero-order valence-corrected chi connectivity index (χ0v) is 13.5. The van der Waals surface area contributed by atoms with E-state index in [0.29, 0.717) is 11.4 Å². The van der Waals surface area contributed by atoms with Crippen LogP contribution in [0.1, 0.15) is 17.2 Å². The largest absolute Gasteiger partial charge is 0.388 e. The standard InChI is InChI=1S/C17H13BrClNO/c18-15-6-5-12(19)10-14(15)17(21)9-11-7-8-20-16-4-2-1-3-13(11)16/h1-8,10,17,21H,9H2. The number of nitrogens with zero attached hydrogens (tertiary/aromatic N) is 1. The number of fused-ring (bicyclic) bond motifs is 1. The number of aromatic nitrogens is 1. The van der Waals surface area contributed by atoms with Gasteiger partial charge in [0.1, 0.15) is 0 Å². The molecule has 21 heavy (non-hydrogen) atoms. The fraction of sp³-hybridized carbons (Fsp3) is 0.118. The van der Waals surface area contributed by atoms with Crippen molar-refractivity contribution in [2.24, 2.45) is 0 Å². The molecule has 0 radical (unpaired) electrons. The van der Waals surface area contributed by atoms with Crippen LogP contribution < -0.4 is 0 Å². The third-order valence-electron chi connectivity index (χ3n) is 3.47. The van der Waals surface area contributed by atoms with Crippen molar-refractivity contribution in [2.75, 3.05) is 0 Å². The fourth-order valence-corrected chi connectivity index (χ4v) is 3.11. The lowest BCUT2D eigenvalue weighted by molar-refractivity contribution is 0.178. The second-order valence-electron chi connectivity index (χ2n) is 4.87. The van der Waals surface area contributed by atoms with Crippen molar-refractivity contribution in [2.45, 2.75) is 12.5 Å². The summed E-state index contributed by atoms with van der Waals surface area (Å²) in [4.78, 5) is 4.34. The first-order valence-electron chi connectivity index (χ1n) is 6.61. The van der Waals surface area contributed by atoms with Crippen LogP contribution in [0.2, 0.25) is 5.02 Å². The minimum atomic E-state index is -0.621. The summed E-state index contributed by atoms with van der Waals surface area (Å²) in [6.07, 6.45) is 1.67. The van der Waals surface area contributed by atoms with E-state index in [1.165, 1.54) is 0 Å². The first kappa shape index (κ1) is 14.5. The molecule has 0 saturated heterocycles. The average Bonchev–Trinajstić information content (AvgIpc) is 2.50. The summed E-state index contributed by atoms with van der Waals surface area (Å²) in [5.74, 6) is 0. The Bertz CT molecular complexity index is 785. The molecule has 0 aliphatic carbocycles. The Hall–Kier alpha value is -1.42. The molecule has 0 amide bonds. The van der Waals surface area contributed by atoms with Crippen LogP contribution in [-0.2, 0) is 6.42 Å². The van der Waals surface area contributed by atoms with Crippen LogP contribution in [-0.4, -0.2) is 10.1 Å². The molecule has 0 spiro atoms. The van der Waals surface area contributed by atoms with Gasteiger partial charge < -0.3 is 5.11 Å². The highest BCUT2D eigenvalue weighted by atomic mass is 79.9. The maximum absolute atomic E-state index is 10.5. The highest BCUT2D eigenvalue weighted by molar-refractivity contribution is 9.10. The number of halogens is 2. The molecule has 0 saturated carbocycles. The van der Waals surface area contributed by atoms with Gasteiger partial charge in [-0.2, -0.15) is 0 Å². The van der Waals surface area contributed by atoms with Crippen molar-refractivity contribution in [3.63, 3.8) is 0 Å². The minimum absolute atomic E-state index is 0.516. The van der Waals surface area contributed by atoms with Crippen LogP contribution in [0.25, 0.3) is 10.9 Å². The Labute approximate surface area is 136 Å². The third kappa shape index (κ3) is 3.10. The van der Waals surface area contributed by atoms with Gasteiger partial charge in [0.05, 0.1) is 11.6 Å². The molecule has 1 aromatic heterocycles. The van der Waals surface area contributed by atoms with Crippen LogP contribution in [0.3, 0.4) is 0 Å². The van der Waals surface area contributed by atoms with Crippen molar-refractivity contribution in [3.8, 4) is 0 Å². The molecule has 4 heteroatoms. The van der Waals surface area contributed by atoms with E-state index < -0.39 is 6.10 Å². The third-order valence-corrected chi connectivity index (χ3v) is 4.43. The van der Waals surface area contributed by atoms with Gasteiger partial charge in [-0.25, -0.2) is 0 Å². The van der Waals surface area contributed by atoms with Gasteiger partial charge in [0.25, 0.3) is 0 Å². The number of benzene rings is 2. The minimum Gasteiger partial charge on any atom is -0.388 e. The smallest absolute Gasteiger partial charge is 0.0842 e. The van der Waals surface area contributed by atoms with Crippen LogP contribution in [0.5, 0.6) is 0 Å². The van der Waals surface area contributed by atoms with Gasteiger partial charge in [0.2, 0.25) is 0 Å². The van der Waals surface area contributed by atoms with Crippen molar-refractivity contribution in [1.29, 1.82) is 0 Å². The molecule has 2 nitrogen and oxygen atoms in total. The lowest BCUT2D eigenvalue weighted by Crippen LogP contribution is -2.03. The number of rotatable bonds is 3. The number of aliphatic hydroxyl groups is 1.